The van der Waals surface area contributed by atoms with E-state index >= 15 is 0 Å². The van der Waals surface area contributed by atoms with E-state index in [0.29, 0.717) is 0 Å². The molecule has 0 aromatic heterocycles. The van der Waals surface area contributed by atoms with Crippen LogP contribution >= 0.6 is 0 Å². The highest BCUT2D eigenvalue weighted by atomic mass is 15.6. The molecule has 2 nitrogen and oxygen atoms in total. The van der Waals surface area contributed by atoms with Gasteiger partial charge in [0.15, 0.2) is 0 Å². The van der Waals surface area contributed by atoms with Gasteiger partial charge in [-0.2, -0.15) is 0 Å². The van der Waals surface area contributed by atoms with E-state index in [1.807, 2.05) is 0 Å². The lowest BCUT2D eigenvalue weighted by molar-refractivity contribution is 0.0332. The van der Waals surface area contributed by atoms with Gasteiger partial charge >= 0.3 is 0 Å². The largest absolute Gasteiger partial charge is 0.145 e. The molecule has 0 saturated carbocycles. The zero-order chi connectivity index (χ0) is 8.23. The summed E-state index contributed by atoms with van der Waals surface area (Å²) in [5.74, 6) is 0. The minimum absolute atomic E-state index is 1.32. The first-order chi connectivity index (χ1) is 5.97. The van der Waals surface area contributed by atoms with Crippen molar-refractivity contribution in [1.29, 1.82) is 0 Å². The van der Waals surface area contributed by atoms with E-state index in [1.54, 1.807) is 0 Å². The molecule has 0 N–H and O–H groups in total. The zero-order valence-corrected chi connectivity index (χ0v) is 7.97. The first-order valence-electron chi connectivity index (χ1n) is 5.46. The molecule has 0 spiro atoms. The fourth-order valence-electron chi connectivity index (χ4n) is 2.32. The van der Waals surface area contributed by atoms with Gasteiger partial charge in [-0.1, -0.05) is 11.4 Å². The van der Waals surface area contributed by atoms with Crippen LogP contribution in [0.15, 0.2) is 0 Å². The Morgan fingerprint density at radius 3 is 1.92 bits per heavy atom. The van der Waals surface area contributed by atoms with Crippen molar-refractivity contribution < 1.29 is 0 Å². The molecule has 69 valence electrons. The average molecular weight is 168 g/mol. The van der Waals surface area contributed by atoms with Gasteiger partial charge in [0.25, 0.3) is 0 Å². The van der Waals surface area contributed by atoms with Gasteiger partial charge in [-0.05, 0) is 19.3 Å². The summed E-state index contributed by atoms with van der Waals surface area (Å²) in [5.41, 5.74) is 0. The average Bonchev–Trinajstić information content (AvgIpc) is 2.21. The Morgan fingerprint density at radius 2 is 1.25 bits per heavy atom. The summed E-state index contributed by atoms with van der Waals surface area (Å²) >= 11 is 0. The van der Waals surface area contributed by atoms with Crippen LogP contribution in [0.4, 0.5) is 0 Å². The van der Waals surface area contributed by atoms with Crippen molar-refractivity contribution in [2.45, 2.75) is 38.5 Å². The molecule has 0 bridgehead atoms. The Hall–Kier alpha value is -0.0800. The van der Waals surface area contributed by atoms with Crippen molar-refractivity contribution in [2.24, 2.45) is 0 Å². The van der Waals surface area contributed by atoms with Crippen molar-refractivity contribution in [1.82, 2.24) is 10.0 Å². The molecule has 1 radical (unpaired) electrons. The van der Waals surface area contributed by atoms with E-state index in [-0.39, 0.29) is 0 Å². The molecule has 2 fully saturated rings. The minimum atomic E-state index is 1.32. The summed E-state index contributed by atoms with van der Waals surface area (Å²) in [4.78, 5) is 0. The van der Waals surface area contributed by atoms with Gasteiger partial charge in [0, 0.05) is 12.8 Å². The quantitative estimate of drug-likeness (QED) is 0.542. The lowest BCUT2D eigenvalue weighted by atomic mass is 10.1. The fourth-order valence-corrected chi connectivity index (χ4v) is 2.32. The lowest BCUT2D eigenvalue weighted by Gasteiger charge is -2.29. The van der Waals surface area contributed by atoms with E-state index in [0.717, 1.165) is 0 Å². The Morgan fingerprint density at radius 1 is 0.667 bits per heavy atom. The van der Waals surface area contributed by atoms with Crippen LogP contribution in [0.3, 0.4) is 0 Å². The Bertz CT molecular complexity index is 108. The molecule has 0 aliphatic carbocycles. The highest BCUT2D eigenvalue weighted by Crippen LogP contribution is 2.14. The third kappa shape index (κ3) is 1.99. The predicted octanol–water partition coefficient (Wildman–Crippen LogP) is 1.71. The van der Waals surface area contributed by atoms with Crippen LogP contribution in [0.1, 0.15) is 38.5 Å². The van der Waals surface area contributed by atoms with Crippen molar-refractivity contribution in [3.63, 3.8) is 0 Å². The van der Waals surface area contributed by atoms with Crippen molar-refractivity contribution in [2.75, 3.05) is 26.2 Å². The summed E-state index contributed by atoms with van der Waals surface area (Å²) in [7, 11) is 0. The van der Waals surface area contributed by atoms with Crippen molar-refractivity contribution >= 4 is 0 Å². The molecule has 2 saturated heterocycles. The summed E-state index contributed by atoms with van der Waals surface area (Å²) in [6.45, 7) is 5.28. The molecule has 2 rings (SSSR count). The summed E-state index contributed by atoms with van der Waals surface area (Å²) in [5, 5.41) is 5.17. The molecule has 2 aliphatic rings. The third-order valence-electron chi connectivity index (χ3n) is 3.06. The van der Waals surface area contributed by atoms with Crippen molar-refractivity contribution in [3.8, 4) is 0 Å². The smallest absolute Gasteiger partial charge is 0.106 e. The number of piperidine rings is 2. The summed E-state index contributed by atoms with van der Waals surface area (Å²) < 4.78 is 0. The highest BCUT2D eigenvalue weighted by molar-refractivity contribution is 4.71. The molecule has 2 heterocycles. The van der Waals surface area contributed by atoms with E-state index < -0.39 is 0 Å². The number of rotatable bonds is 1. The molecule has 0 atom stereocenters. The predicted molar refractivity (Wildman–Crippen MR) is 51.1 cm³/mol. The van der Waals surface area contributed by atoms with E-state index in [1.165, 1.54) is 64.7 Å². The molecule has 12 heavy (non-hydrogen) atoms. The number of hydrogen-bond donors (Lipinski definition) is 0. The van der Waals surface area contributed by atoms with Crippen molar-refractivity contribution in [3.05, 3.63) is 0 Å². The SMILES string of the molecule is C1CCN([N+]2CCCCC2)CC1. The fraction of sp³-hybridized carbons (Fsp3) is 1.00. The van der Waals surface area contributed by atoms with Crippen LogP contribution < -0.4 is 5.01 Å². The Kier molecular flexibility index (Phi) is 3.01. The molecule has 2 heteroatoms. The first kappa shape index (κ1) is 8.52. The summed E-state index contributed by atoms with van der Waals surface area (Å²) in [6.07, 6.45) is 8.55. The second-order valence-corrected chi connectivity index (χ2v) is 4.03. The van der Waals surface area contributed by atoms with E-state index in [2.05, 4.69) is 10.0 Å². The van der Waals surface area contributed by atoms with Gasteiger partial charge in [0.1, 0.15) is 13.1 Å². The normalized spacial score (nSPS) is 29.0. The molecule has 0 amide bonds. The van der Waals surface area contributed by atoms with Crippen LogP contribution in [0.25, 0.3) is 0 Å². The molecule has 0 aromatic rings. The third-order valence-corrected chi connectivity index (χ3v) is 3.06. The Balaban J connectivity index is 1.80. The minimum Gasteiger partial charge on any atom is -0.106 e. The van der Waals surface area contributed by atoms with Gasteiger partial charge < -0.3 is 0 Å². The molecular formula is C10H20N2+. The van der Waals surface area contributed by atoms with Crippen LogP contribution in [-0.2, 0) is 0 Å². The molecule has 2 aliphatic heterocycles. The monoisotopic (exact) mass is 168 g/mol. The van der Waals surface area contributed by atoms with Gasteiger partial charge in [0.2, 0.25) is 0 Å². The zero-order valence-electron chi connectivity index (χ0n) is 7.97. The second-order valence-electron chi connectivity index (χ2n) is 4.03. The van der Waals surface area contributed by atoms with Gasteiger partial charge in [0.05, 0.1) is 13.1 Å². The van der Waals surface area contributed by atoms with Gasteiger partial charge in [-0.15, -0.1) is 5.01 Å². The van der Waals surface area contributed by atoms with Gasteiger partial charge in [-0.3, -0.25) is 0 Å². The van der Waals surface area contributed by atoms with E-state index in [4.69, 9.17) is 0 Å². The van der Waals surface area contributed by atoms with Crippen LogP contribution in [0.2, 0.25) is 0 Å². The first-order valence-corrected chi connectivity index (χ1v) is 5.46. The second kappa shape index (κ2) is 4.24. The maximum atomic E-state index is 2.59. The number of nitrogens with zero attached hydrogens (tertiary/aromatic N) is 2. The lowest BCUT2D eigenvalue weighted by Crippen LogP contribution is -2.52. The van der Waals surface area contributed by atoms with Crippen LogP contribution in [0.5, 0.6) is 0 Å². The molecular weight excluding hydrogens is 148 g/mol. The van der Waals surface area contributed by atoms with Crippen LogP contribution in [-0.4, -0.2) is 31.2 Å². The Labute approximate surface area is 75.5 Å². The summed E-state index contributed by atoms with van der Waals surface area (Å²) in [6, 6.07) is 0. The van der Waals surface area contributed by atoms with E-state index in [9.17, 15) is 0 Å². The highest BCUT2D eigenvalue weighted by Gasteiger charge is 2.28. The van der Waals surface area contributed by atoms with Crippen LogP contribution in [0, 0.1) is 0 Å². The number of hydrazine groups is 1. The van der Waals surface area contributed by atoms with Gasteiger partial charge in [-0.25, -0.2) is 0 Å². The standard InChI is InChI=1S/C10H20N2/c1-3-7-11(8-4-1)12-9-5-2-6-10-12/h1-10H2/q+1. The topological polar surface area (TPSA) is 9.14 Å². The molecule has 0 aromatic carbocycles. The number of hydrogen-bond acceptors (Lipinski definition) is 2. The maximum absolute atomic E-state index is 2.59. The maximum Gasteiger partial charge on any atom is 0.145 e. The molecule has 0 unspecified atom stereocenters.